The average Bonchev–Trinajstić information content (AvgIpc) is 2.68. The Balaban J connectivity index is 2.32. The van der Waals surface area contributed by atoms with Crippen molar-refractivity contribution in [2.45, 2.75) is 18.4 Å². The SMILES string of the molecule is CCCSc1nc(-c2ccc(OC)cc2)nc2c1c(=O)n(C)c(=O)n2C. The smallest absolute Gasteiger partial charge is 0.332 e. The Hall–Kier alpha value is -2.61. The molecule has 0 aliphatic heterocycles. The molecule has 0 amide bonds. The molecule has 7 nitrogen and oxygen atoms in total. The molecule has 2 aromatic heterocycles. The number of nitrogens with zero attached hydrogens (tertiary/aromatic N) is 4. The average molecular weight is 372 g/mol. The molecule has 0 aliphatic rings. The lowest BCUT2D eigenvalue weighted by atomic mass is 10.2. The molecule has 8 heteroatoms. The largest absolute Gasteiger partial charge is 0.497 e. The van der Waals surface area contributed by atoms with Gasteiger partial charge in [0.15, 0.2) is 11.5 Å². The van der Waals surface area contributed by atoms with E-state index >= 15 is 0 Å². The van der Waals surface area contributed by atoms with E-state index in [-0.39, 0.29) is 5.56 Å². The Morgan fingerprint density at radius 1 is 1.08 bits per heavy atom. The van der Waals surface area contributed by atoms with Gasteiger partial charge in [-0.1, -0.05) is 6.92 Å². The second-order valence-electron chi connectivity index (χ2n) is 5.83. The van der Waals surface area contributed by atoms with Crippen molar-refractivity contribution in [2.24, 2.45) is 14.1 Å². The first-order chi connectivity index (χ1) is 12.5. The van der Waals surface area contributed by atoms with Gasteiger partial charge in [0.25, 0.3) is 5.56 Å². The molecule has 0 bridgehead atoms. The normalized spacial score (nSPS) is 11.1. The zero-order valence-electron chi connectivity index (χ0n) is 15.1. The van der Waals surface area contributed by atoms with Crippen molar-refractivity contribution in [3.63, 3.8) is 0 Å². The number of ether oxygens (including phenoxy) is 1. The Kier molecular flexibility index (Phi) is 5.13. The van der Waals surface area contributed by atoms with Crippen LogP contribution in [-0.2, 0) is 14.1 Å². The first-order valence-corrected chi connectivity index (χ1v) is 9.21. The van der Waals surface area contributed by atoms with E-state index in [0.29, 0.717) is 21.9 Å². The molecule has 0 aliphatic carbocycles. The number of fused-ring (bicyclic) bond motifs is 1. The van der Waals surface area contributed by atoms with E-state index in [0.717, 1.165) is 28.1 Å². The molecule has 0 saturated carbocycles. The van der Waals surface area contributed by atoms with Crippen LogP contribution in [0.4, 0.5) is 0 Å². The molecule has 1 aromatic carbocycles. The van der Waals surface area contributed by atoms with Crippen molar-refractivity contribution < 1.29 is 4.74 Å². The van der Waals surface area contributed by atoms with Crippen molar-refractivity contribution in [3.05, 3.63) is 45.1 Å². The highest BCUT2D eigenvalue weighted by Gasteiger charge is 2.18. The minimum atomic E-state index is -0.409. The van der Waals surface area contributed by atoms with Gasteiger partial charge < -0.3 is 4.74 Å². The number of rotatable bonds is 5. The summed E-state index contributed by atoms with van der Waals surface area (Å²) in [6.07, 6.45) is 0.945. The number of hydrogen-bond acceptors (Lipinski definition) is 6. The summed E-state index contributed by atoms with van der Waals surface area (Å²) >= 11 is 1.50. The second-order valence-corrected chi connectivity index (χ2v) is 6.92. The van der Waals surface area contributed by atoms with Gasteiger partial charge in [-0.15, -0.1) is 11.8 Å². The van der Waals surface area contributed by atoms with E-state index in [1.807, 2.05) is 24.3 Å². The first-order valence-electron chi connectivity index (χ1n) is 8.23. The van der Waals surface area contributed by atoms with Crippen LogP contribution in [0.5, 0.6) is 5.75 Å². The molecule has 0 radical (unpaired) electrons. The third-order valence-electron chi connectivity index (χ3n) is 4.06. The highest BCUT2D eigenvalue weighted by atomic mass is 32.2. The molecular weight excluding hydrogens is 352 g/mol. The minimum Gasteiger partial charge on any atom is -0.497 e. The predicted octanol–water partition coefficient (Wildman–Crippen LogP) is 2.20. The molecular formula is C18H20N4O3S. The standard InChI is InChI=1S/C18H20N4O3S/c1-5-10-26-16-13-15(21(2)18(24)22(3)17(13)23)19-14(20-16)11-6-8-12(25-4)9-7-11/h6-9H,5,10H2,1-4H3. The van der Waals surface area contributed by atoms with E-state index < -0.39 is 5.69 Å². The van der Waals surface area contributed by atoms with Crippen molar-refractivity contribution in [1.82, 2.24) is 19.1 Å². The summed E-state index contributed by atoms with van der Waals surface area (Å²) < 4.78 is 7.66. The predicted molar refractivity (Wildman–Crippen MR) is 103 cm³/mol. The lowest BCUT2D eigenvalue weighted by Gasteiger charge is -2.12. The van der Waals surface area contributed by atoms with Gasteiger partial charge in [0.05, 0.1) is 7.11 Å². The minimum absolute atomic E-state index is 0.345. The molecule has 0 saturated heterocycles. The van der Waals surface area contributed by atoms with Gasteiger partial charge in [0, 0.05) is 19.7 Å². The quantitative estimate of drug-likeness (QED) is 0.505. The van der Waals surface area contributed by atoms with Gasteiger partial charge in [-0.05, 0) is 36.4 Å². The number of aromatic nitrogens is 4. The number of benzene rings is 1. The number of thioether (sulfide) groups is 1. The monoisotopic (exact) mass is 372 g/mol. The van der Waals surface area contributed by atoms with Crippen LogP contribution in [0, 0.1) is 0 Å². The Bertz CT molecular complexity index is 1070. The van der Waals surface area contributed by atoms with Crippen molar-refractivity contribution >= 4 is 22.8 Å². The Morgan fingerprint density at radius 2 is 1.77 bits per heavy atom. The van der Waals surface area contributed by atoms with E-state index in [4.69, 9.17) is 4.74 Å². The first kappa shape index (κ1) is 18.2. The highest BCUT2D eigenvalue weighted by Crippen LogP contribution is 2.27. The fraction of sp³-hybridized carbons (Fsp3) is 0.333. The molecule has 0 unspecified atom stereocenters. The maximum absolute atomic E-state index is 12.7. The summed E-state index contributed by atoms with van der Waals surface area (Å²) in [5.74, 6) is 2.03. The summed E-state index contributed by atoms with van der Waals surface area (Å²) in [6, 6.07) is 7.36. The maximum Gasteiger partial charge on any atom is 0.332 e. The maximum atomic E-state index is 12.7. The fourth-order valence-electron chi connectivity index (χ4n) is 2.60. The number of hydrogen-bond donors (Lipinski definition) is 0. The molecule has 136 valence electrons. The van der Waals surface area contributed by atoms with Crippen molar-refractivity contribution in [2.75, 3.05) is 12.9 Å². The van der Waals surface area contributed by atoms with E-state index in [1.165, 1.54) is 23.4 Å². The fourth-order valence-corrected chi connectivity index (χ4v) is 3.47. The number of methoxy groups -OCH3 is 1. The third-order valence-corrected chi connectivity index (χ3v) is 5.24. The molecule has 2 heterocycles. The van der Waals surface area contributed by atoms with Crippen LogP contribution in [0.15, 0.2) is 38.9 Å². The molecule has 0 atom stereocenters. The summed E-state index contributed by atoms with van der Waals surface area (Å²) in [5.41, 5.74) is 0.355. The van der Waals surface area contributed by atoms with Crippen LogP contribution >= 0.6 is 11.8 Å². The highest BCUT2D eigenvalue weighted by molar-refractivity contribution is 7.99. The van der Waals surface area contributed by atoms with Gasteiger partial charge in [-0.2, -0.15) is 0 Å². The van der Waals surface area contributed by atoms with Gasteiger partial charge >= 0.3 is 5.69 Å². The van der Waals surface area contributed by atoms with Gasteiger partial charge in [0.2, 0.25) is 0 Å². The molecule has 0 spiro atoms. The van der Waals surface area contributed by atoms with Crippen LogP contribution in [0.3, 0.4) is 0 Å². The molecule has 3 rings (SSSR count). The van der Waals surface area contributed by atoms with Gasteiger partial charge in [-0.25, -0.2) is 14.8 Å². The van der Waals surface area contributed by atoms with E-state index in [9.17, 15) is 9.59 Å². The summed E-state index contributed by atoms with van der Waals surface area (Å²) in [6.45, 7) is 2.06. The molecule has 0 N–H and O–H groups in total. The van der Waals surface area contributed by atoms with Crippen molar-refractivity contribution in [1.29, 1.82) is 0 Å². The zero-order chi connectivity index (χ0) is 18.8. The lowest BCUT2D eigenvalue weighted by Crippen LogP contribution is -2.37. The van der Waals surface area contributed by atoms with E-state index in [2.05, 4.69) is 16.9 Å². The van der Waals surface area contributed by atoms with Crippen LogP contribution < -0.4 is 16.0 Å². The van der Waals surface area contributed by atoms with Crippen LogP contribution in [0.1, 0.15) is 13.3 Å². The molecule has 3 aromatic rings. The Morgan fingerprint density at radius 3 is 2.38 bits per heavy atom. The summed E-state index contributed by atoms with van der Waals surface area (Å²) in [7, 11) is 4.69. The van der Waals surface area contributed by atoms with Gasteiger partial charge in [-0.3, -0.25) is 13.9 Å². The zero-order valence-corrected chi connectivity index (χ0v) is 16.0. The topological polar surface area (TPSA) is 79.0 Å². The lowest BCUT2D eigenvalue weighted by molar-refractivity contribution is 0.415. The molecule has 26 heavy (non-hydrogen) atoms. The summed E-state index contributed by atoms with van der Waals surface area (Å²) in [5, 5.41) is 0.976. The van der Waals surface area contributed by atoms with Crippen LogP contribution in [-0.4, -0.2) is 32.0 Å². The number of aryl methyl sites for hydroxylation is 1. The van der Waals surface area contributed by atoms with Gasteiger partial charge in [0.1, 0.15) is 16.2 Å². The molecule has 0 fully saturated rings. The van der Waals surface area contributed by atoms with Crippen LogP contribution in [0.2, 0.25) is 0 Å². The third kappa shape index (κ3) is 3.12. The Labute approximate surface area is 154 Å². The van der Waals surface area contributed by atoms with Crippen LogP contribution in [0.25, 0.3) is 22.4 Å². The van der Waals surface area contributed by atoms with Crippen molar-refractivity contribution in [3.8, 4) is 17.1 Å². The summed E-state index contributed by atoms with van der Waals surface area (Å²) in [4.78, 5) is 34.1. The van der Waals surface area contributed by atoms with E-state index in [1.54, 1.807) is 14.2 Å². The second kappa shape index (κ2) is 7.33.